The Morgan fingerprint density at radius 1 is 1.40 bits per heavy atom. The Morgan fingerprint density at radius 3 is 2.72 bits per heavy atom. The van der Waals surface area contributed by atoms with Crippen molar-refractivity contribution in [3.63, 3.8) is 0 Å². The molecule has 0 aliphatic carbocycles. The van der Waals surface area contributed by atoms with Crippen molar-refractivity contribution in [3.05, 3.63) is 23.5 Å². The second-order valence-corrected chi connectivity index (χ2v) is 6.61. The number of nitrogens with zero attached hydrogens (tertiary/aromatic N) is 4. The first-order chi connectivity index (χ1) is 11.8. The van der Waals surface area contributed by atoms with Gasteiger partial charge >= 0.3 is 6.03 Å². The van der Waals surface area contributed by atoms with Gasteiger partial charge < -0.3 is 19.6 Å². The molecule has 0 saturated heterocycles. The number of hydrogen-bond acceptors (Lipinski definition) is 5. The summed E-state index contributed by atoms with van der Waals surface area (Å²) in [5.74, 6) is 0.959. The van der Waals surface area contributed by atoms with Crippen LogP contribution in [0.3, 0.4) is 0 Å². The van der Waals surface area contributed by atoms with Crippen LogP contribution in [0.15, 0.2) is 22.2 Å². The maximum absolute atomic E-state index is 12.2. The van der Waals surface area contributed by atoms with E-state index in [1.54, 1.807) is 43.9 Å². The van der Waals surface area contributed by atoms with E-state index in [-0.39, 0.29) is 24.5 Å². The first-order valence-corrected chi connectivity index (χ1v) is 8.36. The predicted molar refractivity (Wildman–Crippen MR) is 95.3 cm³/mol. The standard InChI is InChI=1S/C17H27N5O3/c1-12-9-15(19-25-12)18-16(23)11-22-8-6-7-14(10-22)13(2)21(5)17(24)20(3)4/h7,9,13H,6,8,10-11H2,1-5H3,(H,18,19,23). The van der Waals surface area contributed by atoms with Crippen LogP contribution < -0.4 is 5.32 Å². The molecule has 8 nitrogen and oxygen atoms in total. The molecule has 0 spiro atoms. The van der Waals surface area contributed by atoms with Gasteiger partial charge in [-0.2, -0.15) is 0 Å². The number of amides is 3. The molecular weight excluding hydrogens is 322 g/mol. The Hall–Kier alpha value is -2.35. The van der Waals surface area contributed by atoms with E-state index in [0.717, 1.165) is 18.5 Å². The van der Waals surface area contributed by atoms with Gasteiger partial charge in [0.1, 0.15) is 5.76 Å². The lowest BCUT2D eigenvalue weighted by atomic mass is 10.0. The summed E-state index contributed by atoms with van der Waals surface area (Å²) in [5, 5.41) is 6.50. The Kier molecular flexibility index (Phi) is 6.19. The molecule has 0 fully saturated rings. The van der Waals surface area contributed by atoms with Gasteiger partial charge in [-0.05, 0) is 25.8 Å². The van der Waals surface area contributed by atoms with Gasteiger partial charge in [0.15, 0.2) is 5.82 Å². The molecule has 1 N–H and O–H groups in total. The number of nitrogens with one attached hydrogen (secondary N) is 1. The minimum atomic E-state index is -0.125. The normalized spacial score (nSPS) is 16.1. The third-order valence-electron chi connectivity index (χ3n) is 4.32. The molecule has 8 heteroatoms. The molecule has 0 aromatic carbocycles. The highest BCUT2D eigenvalue weighted by Gasteiger charge is 2.24. The highest BCUT2D eigenvalue weighted by atomic mass is 16.5. The van der Waals surface area contributed by atoms with Crippen LogP contribution in [0.4, 0.5) is 10.6 Å². The van der Waals surface area contributed by atoms with Gasteiger partial charge in [0.25, 0.3) is 0 Å². The average Bonchev–Trinajstić information content (AvgIpc) is 2.97. The van der Waals surface area contributed by atoms with Gasteiger partial charge in [0, 0.05) is 40.3 Å². The molecule has 25 heavy (non-hydrogen) atoms. The van der Waals surface area contributed by atoms with Crippen molar-refractivity contribution < 1.29 is 14.1 Å². The zero-order chi connectivity index (χ0) is 18.6. The summed E-state index contributed by atoms with van der Waals surface area (Å²) in [6.45, 7) is 5.54. The zero-order valence-electron chi connectivity index (χ0n) is 15.6. The van der Waals surface area contributed by atoms with Crippen LogP contribution in [0.2, 0.25) is 0 Å². The number of urea groups is 1. The fourth-order valence-electron chi connectivity index (χ4n) is 2.81. The maximum atomic E-state index is 12.2. The van der Waals surface area contributed by atoms with Crippen LogP contribution in [0, 0.1) is 6.92 Å². The number of aromatic nitrogens is 1. The number of rotatable bonds is 5. The molecule has 2 rings (SSSR count). The van der Waals surface area contributed by atoms with Crippen molar-refractivity contribution in [3.8, 4) is 0 Å². The first-order valence-electron chi connectivity index (χ1n) is 8.36. The highest BCUT2D eigenvalue weighted by Crippen LogP contribution is 2.17. The molecule has 1 atom stereocenters. The van der Waals surface area contributed by atoms with E-state index in [2.05, 4.69) is 21.4 Å². The molecule has 1 aromatic rings. The second kappa shape index (κ2) is 8.15. The topological polar surface area (TPSA) is 81.9 Å². The van der Waals surface area contributed by atoms with Crippen molar-refractivity contribution in [2.24, 2.45) is 0 Å². The van der Waals surface area contributed by atoms with E-state index in [1.807, 2.05) is 6.92 Å². The van der Waals surface area contributed by atoms with Gasteiger partial charge in [0.2, 0.25) is 5.91 Å². The Balaban J connectivity index is 1.90. The minimum Gasteiger partial charge on any atom is -0.360 e. The van der Waals surface area contributed by atoms with Crippen LogP contribution in [-0.4, -0.2) is 78.6 Å². The third kappa shape index (κ3) is 5.06. The lowest BCUT2D eigenvalue weighted by molar-refractivity contribution is -0.117. The van der Waals surface area contributed by atoms with Crippen molar-refractivity contribution in [1.29, 1.82) is 0 Å². The molecule has 2 heterocycles. The van der Waals surface area contributed by atoms with Crippen LogP contribution in [-0.2, 0) is 4.79 Å². The SMILES string of the molecule is Cc1cc(NC(=O)CN2CCC=C(C(C)N(C)C(=O)N(C)C)C2)no1. The smallest absolute Gasteiger partial charge is 0.319 e. The zero-order valence-corrected chi connectivity index (χ0v) is 15.6. The van der Waals surface area contributed by atoms with Crippen LogP contribution in [0.5, 0.6) is 0 Å². The van der Waals surface area contributed by atoms with E-state index in [0.29, 0.717) is 18.1 Å². The summed E-state index contributed by atoms with van der Waals surface area (Å²) in [5.41, 5.74) is 1.15. The molecule has 0 radical (unpaired) electrons. The molecule has 1 aromatic heterocycles. The van der Waals surface area contributed by atoms with Crippen molar-refractivity contribution in [2.45, 2.75) is 26.3 Å². The molecule has 1 unspecified atom stereocenters. The van der Waals surface area contributed by atoms with Crippen molar-refractivity contribution in [1.82, 2.24) is 19.9 Å². The molecule has 0 bridgehead atoms. The first kappa shape index (κ1) is 19.0. The largest absolute Gasteiger partial charge is 0.360 e. The van der Waals surface area contributed by atoms with Gasteiger partial charge in [0.05, 0.1) is 12.6 Å². The number of aryl methyl sites for hydroxylation is 1. The molecule has 1 aliphatic heterocycles. The lowest BCUT2D eigenvalue weighted by Crippen LogP contribution is -2.46. The molecule has 138 valence electrons. The number of hydrogen-bond donors (Lipinski definition) is 1. The average molecular weight is 349 g/mol. The number of carbonyl (C=O) groups is 2. The number of carbonyl (C=O) groups excluding carboxylic acids is 2. The molecule has 0 saturated carbocycles. The van der Waals surface area contributed by atoms with Crippen molar-refractivity contribution >= 4 is 17.8 Å². The summed E-state index contributed by atoms with van der Waals surface area (Å²) in [6.07, 6.45) is 3.03. The molecule has 1 aliphatic rings. The van der Waals surface area contributed by atoms with Gasteiger partial charge in [-0.3, -0.25) is 9.69 Å². The third-order valence-corrected chi connectivity index (χ3v) is 4.32. The van der Waals surface area contributed by atoms with Gasteiger partial charge in [-0.1, -0.05) is 11.2 Å². The summed E-state index contributed by atoms with van der Waals surface area (Å²) in [4.78, 5) is 29.6. The Morgan fingerprint density at radius 2 is 2.12 bits per heavy atom. The molecule has 3 amide bonds. The number of likely N-dealkylation sites (N-methyl/N-ethyl adjacent to an activating group) is 1. The maximum Gasteiger partial charge on any atom is 0.319 e. The highest BCUT2D eigenvalue weighted by molar-refractivity contribution is 5.91. The van der Waals surface area contributed by atoms with Crippen LogP contribution >= 0.6 is 0 Å². The summed E-state index contributed by atoms with van der Waals surface area (Å²) in [6, 6.07) is 1.63. The van der Waals surface area contributed by atoms with E-state index in [4.69, 9.17) is 4.52 Å². The van der Waals surface area contributed by atoms with Crippen molar-refractivity contribution in [2.75, 3.05) is 46.1 Å². The quantitative estimate of drug-likeness (QED) is 0.816. The molecular formula is C17H27N5O3. The summed E-state index contributed by atoms with van der Waals surface area (Å²) >= 11 is 0. The summed E-state index contributed by atoms with van der Waals surface area (Å²) in [7, 11) is 5.28. The lowest BCUT2D eigenvalue weighted by Gasteiger charge is -2.34. The fraction of sp³-hybridized carbons (Fsp3) is 0.588. The van der Waals surface area contributed by atoms with E-state index < -0.39 is 0 Å². The predicted octanol–water partition coefficient (Wildman–Crippen LogP) is 1.56. The number of anilines is 1. The minimum absolute atomic E-state index is 0.0149. The van der Waals surface area contributed by atoms with Gasteiger partial charge in [-0.15, -0.1) is 0 Å². The van der Waals surface area contributed by atoms with Crippen LogP contribution in [0.25, 0.3) is 0 Å². The fourth-order valence-corrected chi connectivity index (χ4v) is 2.81. The Labute approximate surface area is 148 Å². The van der Waals surface area contributed by atoms with E-state index in [1.165, 1.54) is 0 Å². The van der Waals surface area contributed by atoms with Gasteiger partial charge in [-0.25, -0.2) is 4.79 Å². The Bertz CT molecular complexity index is 652. The monoisotopic (exact) mass is 349 g/mol. The van der Waals surface area contributed by atoms with Crippen LogP contribution in [0.1, 0.15) is 19.1 Å². The van der Waals surface area contributed by atoms with E-state index >= 15 is 0 Å². The summed E-state index contributed by atoms with van der Waals surface area (Å²) < 4.78 is 4.94. The van der Waals surface area contributed by atoms with E-state index in [9.17, 15) is 9.59 Å². The second-order valence-electron chi connectivity index (χ2n) is 6.61.